The van der Waals surface area contributed by atoms with E-state index in [1.165, 1.54) is 5.56 Å². The van der Waals surface area contributed by atoms with Gasteiger partial charge in [0.25, 0.3) is 0 Å². The average molecular weight is 434 g/mol. The zero-order chi connectivity index (χ0) is 22.5. The summed E-state index contributed by atoms with van der Waals surface area (Å²) in [5, 5.41) is 7.68. The summed E-state index contributed by atoms with van der Waals surface area (Å²) < 4.78 is 3.33. The third-order valence-electron chi connectivity index (χ3n) is 5.97. The Balaban J connectivity index is 1.31. The first kappa shape index (κ1) is 22.0. The Morgan fingerprint density at radius 2 is 1.78 bits per heavy atom. The maximum Gasteiger partial charge on any atom is 0.345 e. The van der Waals surface area contributed by atoms with Crippen molar-refractivity contribution in [2.75, 3.05) is 20.6 Å². The zero-order valence-electron chi connectivity index (χ0n) is 18.8. The van der Waals surface area contributed by atoms with E-state index in [9.17, 15) is 9.59 Å². The molecule has 1 aromatic heterocycles. The van der Waals surface area contributed by atoms with Crippen molar-refractivity contribution in [2.24, 2.45) is 0 Å². The zero-order valence-corrected chi connectivity index (χ0v) is 18.8. The van der Waals surface area contributed by atoms with Gasteiger partial charge in [-0.15, -0.1) is 0 Å². The first-order chi connectivity index (χ1) is 15.5. The van der Waals surface area contributed by atoms with Crippen LogP contribution in [-0.2, 0) is 30.7 Å². The third-order valence-corrected chi connectivity index (χ3v) is 5.97. The van der Waals surface area contributed by atoms with Gasteiger partial charge in [-0.3, -0.25) is 9.36 Å². The fourth-order valence-electron chi connectivity index (χ4n) is 4.12. The Morgan fingerprint density at radius 1 is 1.06 bits per heavy atom. The molecule has 3 aromatic rings. The van der Waals surface area contributed by atoms with Gasteiger partial charge in [0.05, 0.1) is 13.0 Å². The summed E-state index contributed by atoms with van der Waals surface area (Å²) in [6.45, 7) is 1.96. The van der Waals surface area contributed by atoms with Gasteiger partial charge in [-0.1, -0.05) is 54.6 Å². The third kappa shape index (κ3) is 5.34. The molecule has 2 heterocycles. The average Bonchev–Trinajstić information content (AvgIpc) is 2.95. The van der Waals surface area contributed by atoms with Crippen molar-refractivity contribution in [3.05, 3.63) is 76.5 Å². The molecule has 1 aliphatic rings. The van der Waals surface area contributed by atoms with E-state index < -0.39 is 0 Å². The summed E-state index contributed by atoms with van der Waals surface area (Å²) in [7, 11) is 3.97. The van der Waals surface area contributed by atoms with Gasteiger partial charge in [0.15, 0.2) is 0 Å². The lowest BCUT2D eigenvalue weighted by molar-refractivity contribution is -0.121. The van der Waals surface area contributed by atoms with E-state index in [-0.39, 0.29) is 17.6 Å². The lowest BCUT2D eigenvalue weighted by Gasteiger charge is -2.16. The van der Waals surface area contributed by atoms with Crippen molar-refractivity contribution in [3.63, 3.8) is 0 Å². The fraction of sp³-hybridized carbons (Fsp3) is 0.400. The van der Waals surface area contributed by atoms with E-state index in [1.807, 2.05) is 49.3 Å². The summed E-state index contributed by atoms with van der Waals surface area (Å²) >= 11 is 0. The van der Waals surface area contributed by atoms with Crippen molar-refractivity contribution in [3.8, 4) is 11.1 Å². The maximum absolute atomic E-state index is 12.6. The predicted octanol–water partition coefficient (Wildman–Crippen LogP) is 2.34. The molecule has 2 aromatic carbocycles. The number of rotatable bonds is 7. The number of amides is 1. The maximum atomic E-state index is 12.6. The van der Waals surface area contributed by atoms with Crippen molar-refractivity contribution < 1.29 is 4.79 Å². The molecule has 7 heteroatoms. The number of aryl methyl sites for hydroxylation is 1. The molecule has 0 fully saturated rings. The van der Waals surface area contributed by atoms with Crippen LogP contribution in [0.5, 0.6) is 0 Å². The first-order valence-corrected chi connectivity index (χ1v) is 11.2. The van der Waals surface area contributed by atoms with Crippen molar-refractivity contribution >= 4 is 5.91 Å². The fourth-order valence-corrected chi connectivity index (χ4v) is 4.12. The smallest absolute Gasteiger partial charge is 0.345 e. The van der Waals surface area contributed by atoms with Crippen LogP contribution in [0.3, 0.4) is 0 Å². The highest BCUT2D eigenvalue weighted by atomic mass is 16.2. The highest BCUT2D eigenvalue weighted by molar-refractivity contribution is 5.79. The highest BCUT2D eigenvalue weighted by Crippen LogP contribution is 2.19. The number of carbonyl (C=O) groups excluding carboxylic acids is 1. The number of likely N-dealkylation sites (N-methyl/N-ethyl adjacent to an activating group) is 1. The molecule has 1 unspecified atom stereocenters. The quantitative estimate of drug-likeness (QED) is 0.621. The van der Waals surface area contributed by atoms with E-state index in [4.69, 9.17) is 0 Å². The summed E-state index contributed by atoms with van der Waals surface area (Å²) in [5.41, 5.74) is 3.25. The molecule has 1 atom stereocenters. The number of nitrogens with one attached hydrogen (secondary N) is 1. The van der Waals surface area contributed by atoms with Gasteiger partial charge in [-0.05, 0) is 43.6 Å². The minimum atomic E-state index is -0.0488. The SMILES string of the molecule is CN(C)CCn1nc2n(c1=O)CCC(NC(=O)Cc1ccc(-c3ccccc3)cc1)CC2. The number of hydrogen-bond donors (Lipinski definition) is 1. The van der Waals surface area contributed by atoms with Crippen LogP contribution in [0.2, 0.25) is 0 Å². The van der Waals surface area contributed by atoms with Crippen LogP contribution >= 0.6 is 0 Å². The van der Waals surface area contributed by atoms with Crippen LogP contribution in [0.1, 0.15) is 24.2 Å². The Bertz CT molecular complexity index is 1100. The van der Waals surface area contributed by atoms with E-state index in [2.05, 4.69) is 34.7 Å². The Morgan fingerprint density at radius 3 is 2.50 bits per heavy atom. The molecule has 1 aliphatic heterocycles. The van der Waals surface area contributed by atoms with Gasteiger partial charge in [0.1, 0.15) is 5.82 Å². The molecule has 0 saturated heterocycles. The topological polar surface area (TPSA) is 72.2 Å². The van der Waals surface area contributed by atoms with Crippen LogP contribution in [-0.4, -0.2) is 51.8 Å². The Labute approximate surface area is 188 Å². The Hall–Kier alpha value is -3.19. The lowest BCUT2D eigenvalue weighted by atomic mass is 10.0. The Kier molecular flexibility index (Phi) is 6.85. The summed E-state index contributed by atoms with van der Waals surface area (Å²) in [5.74, 6) is 0.840. The molecule has 7 nitrogen and oxygen atoms in total. The van der Waals surface area contributed by atoms with Gasteiger partial charge in [-0.25, -0.2) is 9.48 Å². The van der Waals surface area contributed by atoms with Gasteiger partial charge < -0.3 is 10.2 Å². The second-order valence-electron chi connectivity index (χ2n) is 8.71. The predicted molar refractivity (Wildman–Crippen MR) is 125 cm³/mol. The molecule has 0 radical (unpaired) electrons. The van der Waals surface area contributed by atoms with Gasteiger partial charge >= 0.3 is 5.69 Å². The molecule has 32 heavy (non-hydrogen) atoms. The normalized spacial score (nSPS) is 15.9. The molecule has 1 N–H and O–H groups in total. The minimum Gasteiger partial charge on any atom is -0.353 e. The molecular weight excluding hydrogens is 402 g/mol. The molecule has 0 bridgehead atoms. The van der Waals surface area contributed by atoms with Crippen LogP contribution in [0.15, 0.2) is 59.4 Å². The summed E-state index contributed by atoms with van der Waals surface area (Å²) in [6, 6.07) is 18.4. The molecule has 0 spiro atoms. The van der Waals surface area contributed by atoms with Crippen LogP contribution < -0.4 is 11.0 Å². The number of fused-ring (bicyclic) bond motifs is 1. The number of hydrogen-bond acceptors (Lipinski definition) is 4. The molecule has 0 aliphatic carbocycles. The number of carbonyl (C=O) groups is 1. The van der Waals surface area contributed by atoms with E-state index in [1.54, 1.807) is 9.25 Å². The van der Waals surface area contributed by atoms with Crippen LogP contribution in [0.25, 0.3) is 11.1 Å². The monoisotopic (exact) mass is 433 g/mol. The van der Waals surface area contributed by atoms with E-state index in [0.717, 1.165) is 36.3 Å². The van der Waals surface area contributed by atoms with Crippen LogP contribution in [0, 0.1) is 0 Å². The molecular formula is C25H31N5O2. The minimum absolute atomic E-state index is 0.0189. The first-order valence-electron chi connectivity index (χ1n) is 11.2. The number of nitrogens with zero attached hydrogens (tertiary/aromatic N) is 4. The van der Waals surface area contributed by atoms with Gasteiger partial charge in [0.2, 0.25) is 5.91 Å². The van der Waals surface area contributed by atoms with Crippen molar-refractivity contribution in [1.29, 1.82) is 0 Å². The lowest BCUT2D eigenvalue weighted by Crippen LogP contribution is -2.36. The van der Waals surface area contributed by atoms with Crippen molar-refractivity contribution in [1.82, 2.24) is 24.6 Å². The van der Waals surface area contributed by atoms with E-state index in [0.29, 0.717) is 25.9 Å². The highest BCUT2D eigenvalue weighted by Gasteiger charge is 2.22. The molecule has 0 saturated carbocycles. The molecule has 4 rings (SSSR count). The number of benzene rings is 2. The summed E-state index contributed by atoms with van der Waals surface area (Å²) in [4.78, 5) is 27.3. The van der Waals surface area contributed by atoms with Crippen molar-refractivity contribution in [2.45, 2.75) is 44.8 Å². The summed E-state index contributed by atoms with van der Waals surface area (Å²) in [6.07, 6.45) is 2.59. The standard InChI is InChI=1S/C25H31N5O2/c1-28(2)16-17-30-25(32)29-15-14-22(12-13-23(29)27-30)26-24(31)18-19-8-10-21(11-9-19)20-6-4-3-5-7-20/h3-11,22H,12-18H2,1-2H3,(H,26,31). The molecule has 1 amide bonds. The largest absolute Gasteiger partial charge is 0.353 e. The second-order valence-corrected chi connectivity index (χ2v) is 8.71. The molecule has 168 valence electrons. The van der Waals surface area contributed by atoms with Crippen LogP contribution in [0.4, 0.5) is 0 Å². The number of aromatic nitrogens is 3. The van der Waals surface area contributed by atoms with Gasteiger partial charge in [-0.2, -0.15) is 5.10 Å². The van der Waals surface area contributed by atoms with E-state index >= 15 is 0 Å². The second kappa shape index (κ2) is 9.96. The van der Waals surface area contributed by atoms with Gasteiger partial charge in [0, 0.05) is 25.6 Å².